The van der Waals surface area contributed by atoms with Crippen molar-refractivity contribution in [1.29, 1.82) is 5.26 Å². The van der Waals surface area contributed by atoms with Crippen molar-refractivity contribution in [3.63, 3.8) is 0 Å². The van der Waals surface area contributed by atoms with Gasteiger partial charge in [0, 0.05) is 0 Å². The van der Waals surface area contributed by atoms with Crippen LogP contribution in [0.4, 0.5) is 0 Å². The third kappa shape index (κ3) is 53.8. The van der Waals surface area contributed by atoms with E-state index in [1.54, 1.807) is 0 Å². The average Bonchev–Trinajstić information content (AvgIpc) is 1.46. The van der Waals surface area contributed by atoms with Crippen molar-refractivity contribution in [2.75, 3.05) is 0 Å². The summed E-state index contributed by atoms with van der Waals surface area (Å²) >= 11 is 2.68. The molecule has 0 saturated heterocycles. The molecule has 0 fully saturated rings. The van der Waals surface area contributed by atoms with Gasteiger partial charge in [0.15, 0.2) is 0 Å². The summed E-state index contributed by atoms with van der Waals surface area (Å²) < 4.78 is 0. The molecule has 0 aliphatic carbocycles. The largest absolute Gasteiger partial charge is 0.512 e. The zero-order valence-corrected chi connectivity index (χ0v) is 3.31. The van der Waals surface area contributed by atoms with E-state index in [1.165, 1.54) is 4.79 Å². The van der Waals surface area contributed by atoms with E-state index in [1.807, 2.05) is 0 Å². The molecule has 0 radical (unpaired) electrons. The van der Waals surface area contributed by atoms with Crippen LogP contribution in [0.5, 0.6) is 0 Å². The molecule has 27 valence electrons. The van der Waals surface area contributed by atoms with Gasteiger partial charge in [-0.3, -0.25) is 0 Å². The summed E-state index contributed by atoms with van der Waals surface area (Å²) in [6, 6.07) is 0. The summed E-state index contributed by atoms with van der Waals surface area (Å²) in [7, 11) is 0. The van der Waals surface area contributed by atoms with Gasteiger partial charge < -0.3 is 11.8 Å². The van der Waals surface area contributed by atoms with Crippen LogP contribution in [0.1, 0.15) is 0 Å². The fourth-order valence-electron chi connectivity index (χ4n) is 0. The molecule has 0 heterocycles. The van der Waals surface area contributed by atoms with E-state index in [0.29, 0.717) is 0 Å². The van der Waals surface area contributed by atoms with Crippen LogP contribution in [-0.2, 0) is 20.4 Å². The van der Waals surface area contributed by atoms with Crippen LogP contribution < -0.4 is 0 Å². The Labute approximate surface area is 37.8 Å². The van der Waals surface area contributed by atoms with E-state index in [2.05, 4.69) is 15.6 Å². The van der Waals surface area contributed by atoms with E-state index >= 15 is 0 Å². The Morgan fingerprint density at radius 2 is 1.80 bits per heavy atom. The van der Waals surface area contributed by atoms with Crippen molar-refractivity contribution in [3.05, 3.63) is 6.57 Å². The fourth-order valence-corrected chi connectivity index (χ4v) is 0. The topological polar surface area (TPSA) is 40.9 Å². The van der Waals surface area contributed by atoms with Crippen LogP contribution >= 0.6 is 0 Å². The van der Waals surface area contributed by atoms with E-state index in [-0.39, 0.29) is 0 Å². The van der Waals surface area contributed by atoms with E-state index in [4.69, 9.17) is 16.6 Å². The first-order valence-electron chi connectivity index (χ1n) is 0.605. The van der Waals surface area contributed by atoms with E-state index in [0.717, 1.165) is 0 Å². The zero-order valence-electron chi connectivity index (χ0n) is 2.21. The number of nitrogens with zero attached hydrogens (tertiary/aromatic N) is 1. The van der Waals surface area contributed by atoms with Gasteiger partial charge in [0.2, 0.25) is 0 Å². The van der Waals surface area contributed by atoms with Crippen molar-refractivity contribution in [3.8, 4) is 0 Å². The Morgan fingerprint density at radius 3 is 1.80 bits per heavy atom. The van der Waals surface area contributed by atoms with Gasteiger partial charge in [-0.2, -0.15) is 0 Å². The van der Waals surface area contributed by atoms with Crippen molar-refractivity contribution >= 4 is 4.79 Å². The summed E-state index contributed by atoms with van der Waals surface area (Å²) in [5.41, 5.74) is 0. The summed E-state index contributed by atoms with van der Waals surface area (Å²) in [5.74, 6) is 0. The summed E-state index contributed by atoms with van der Waals surface area (Å²) in [6.07, 6.45) is 0. The molecule has 3 heteroatoms. The second-order valence-electron chi connectivity index (χ2n) is 0.0722. The Bertz CT molecular complexity index is 51.9. The van der Waals surface area contributed by atoms with Crippen molar-refractivity contribution in [2.45, 2.75) is 0 Å². The Morgan fingerprint density at radius 1 is 1.80 bits per heavy atom. The monoisotopic (exact) mass is 110 g/mol. The van der Waals surface area contributed by atoms with Crippen molar-refractivity contribution in [1.82, 2.24) is 0 Å². The van der Waals surface area contributed by atoms with Gasteiger partial charge in [-0.1, -0.05) is 0 Å². The first-order valence-corrected chi connectivity index (χ1v) is 1.16. The predicted octanol–water partition coefficient (Wildman–Crippen LogP) is -0.303. The average molecular weight is 110 g/mol. The molecular weight excluding hydrogens is 110 g/mol. The summed E-state index contributed by atoms with van der Waals surface area (Å²) in [5, 5.41) is 6.25. The molecule has 0 amide bonds. The molecule has 0 aromatic heterocycles. The molecule has 0 N–H and O–H groups in total. The molecule has 0 aliphatic heterocycles. The quantitative estimate of drug-likeness (QED) is 0.317. The molecule has 0 atom stereocenters. The van der Waals surface area contributed by atoms with Gasteiger partial charge in [0.05, 0.1) is 0 Å². The molecule has 2 nitrogen and oxygen atoms in total. The smallest absolute Gasteiger partial charge is 0.488 e. The van der Waals surface area contributed by atoms with Crippen molar-refractivity contribution in [2.24, 2.45) is 0 Å². The summed E-state index contributed by atoms with van der Waals surface area (Å²) in [6.45, 7) is 4.75. The van der Waals surface area contributed by atoms with Crippen LogP contribution in [-0.4, -0.2) is 4.79 Å². The molecule has 0 aromatic rings. The van der Waals surface area contributed by atoms with Crippen LogP contribution in [0, 0.1) is 11.8 Å². The summed E-state index contributed by atoms with van der Waals surface area (Å²) in [4.78, 5) is 9.82. The molecule has 0 saturated carbocycles. The Balaban J connectivity index is 0. The van der Waals surface area contributed by atoms with Crippen LogP contribution in [0.2, 0.25) is 0 Å². The first kappa shape index (κ1) is 8.82. The third-order valence-corrected chi connectivity index (χ3v) is 0. The molecular formula is C2FeNO. The fraction of sp³-hybridized carbons (Fsp3) is 0. The van der Waals surface area contributed by atoms with Crippen molar-refractivity contribution < 1.29 is 20.4 Å². The van der Waals surface area contributed by atoms with Gasteiger partial charge in [-0.15, -0.1) is 0 Å². The molecule has 0 spiro atoms. The Kier molecular flexibility index (Phi) is 122. The van der Waals surface area contributed by atoms with E-state index in [9.17, 15) is 0 Å². The van der Waals surface area contributed by atoms with Gasteiger partial charge >= 0.3 is 25.2 Å². The maximum absolute atomic E-state index is 8.57. The van der Waals surface area contributed by atoms with E-state index < -0.39 is 0 Å². The third-order valence-electron chi connectivity index (χ3n) is 0. The normalized spacial score (nSPS) is 2.00. The molecule has 0 unspecified atom stereocenters. The first-order chi connectivity index (χ1) is 2.41. The minimum atomic E-state index is 1.25. The minimum absolute atomic E-state index is 1.25. The van der Waals surface area contributed by atoms with Gasteiger partial charge in [0.25, 0.3) is 0 Å². The molecule has 5 heavy (non-hydrogen) atoms. The predicted molar refractivity (Wildman–Crippen MR) is 10.7 cm³/mol. The minimum Gasteiger partial charge on any atom is -0.512 e. The maximum Gasteiger partial charge on any atom is -0.488 e. The maximum atomic E-state index is 8.57. The van der Waals surface area contributed by atoms with Crippen LogP contribution in [0.3, 0.4) is 0 Å². The van der Waals surface area contributed by atoms with Gasteiger partial charge in [-0.25, -0.2) is 0 Å². The number of hydrogen-bond acceptors (Lipinski definition) is 2. The number of hydrogen-bond donors (Lipinski definition) is 0. The zero-order chi connectivity index (χ0) is 4.71. The van der Waals surface area contributed by atoms with Crippen LogP contribution in [0.15, 0.2) is 0 Å². The van der Waals surface area contributed by atoms with Gasteiger partial charge in [0.1, 0.15) is 0 Å². The second kappa shape index (κ2) is 69.3. The number of rotatable bonds is 0. The molecule has 0 aromatic carbocycles. The standard InChI is InChI=1S/CN.CO.Fe/c2*1-2;/q-1;;+1. The SMILES string of the molecule is O=[C]=[Fe+].[C-]#N. The van der Waals surface area contributed by atoms with Gasteiger partial charge in [-0.05, 0) is 0 Å². The Hall–Kier alpha value is -0.411. The molecule has 0 rings (SSSR count). The molecule has 0 aliphatic rings. The second-order valence-corrected chi connectivity index (χ2v) is 0.298. The number of carbonyl (C=O) groups excluding carboxylic acids is 1. The molecule has 0 bridgehead atoms. The van der Waals surface area contributed by atoms with Crippen LogP contribution in [0.25, 0.3) is 0 Å².